The van der Waals surface area contributed by atoms with Crippen LogP contribution in [0.1, 0.15) is 11.1 Å². The fourth-order valence-corrected chi connectivity index (χ4v) is 3.59. The van der Waals surface area contributed by atoms with E-state index >= 15 is 0 Å². The van der Waals surface area contributed by atoms with Gasteiger partial charge in [0.05, 0.1) is 11.9 Å². The first-order valence-electron chi connectivity index (χ1n) is 10.7. The van der Waals surface area contributed by atoms with Crippen LogP contribution in [0.15, 0.2) is 93.2 Å². The first-order valence-corrected chi connectivity index (χ1v) is 11.5. The van der Waals surface area contributed by atoms with Crippen molar-refractivity contribution >= 4 is 39.7 Å². The van der Waals surface area contributed by atoms with Gasteiger partial charge in [-0.05, 0) is 30.3 Å². The molecule has 0 aliphatic rings. The number of rotatable bonds is 8. The third-order valence-electron chi connectivity index (χ3n) is 4.84. The van der Waals surface area contributed by atoms with Gasteiger partial charge in [0.15, 0.2) is 6.61 Å². The average Bonchev–Trinajstić information content (AvgIpc) is 2.89. The largest absolute Gasteiger partial charge is 0.483 e. The summed E-state index contributed by atoms with van der Waals surface area (Å²) in [6, 6.07) is 25.1. The van der Waals surface area contributed by atoms with Gasteiger partial charge in [0.1, 0.15) is 17.4 Å². The van der Waals surface area contributed by atoms with Gasteiger partial charge >= 0.3 is 0 Å². The minimum atomic E-state index is -0.583. The van der Waals surface area contributed by atoms with Crippen molar-refractivity contribution in [2.24, 2.45) is 5.10 Å². The molecule has 0 bridgehead atoms. The minimum Gasteiger partial charge on any atom is -0.483 e. The zero-order valence-corrected chi connectivity index (χ0v) is 20.3. The van der Waals surface area contributed by atoms with Gasteiger partial charge in [-0.15, -0.1) is 0 Å². The number of halogens is 1. The molecular formula is C26H19BrN6O3. The van der Waals surface area contributed by atoms with E-state index in [4.69, 9.17) is 4.74 Å². The Morgan fingerprint density at radius 3 is 2.56 bits per heavy atom. The molecule has 178 valence electrons. The van der Waals surface area contributed by atoms with Gasteiger partial charge in [-0.2, -0.15) is 10.4 Å². The number of H-pyrrole nitrogens is 1. The van der Waals surface area contributed by atoms with Crippen molar-refractivity contribution in [3.63, 3.8) is 0 Å². The van der Waals surface area contributed by atoms with E-state index in [1.807, 2.05) is 30.3 Å². The summed E-state index contributed by atoms with van der Waals surface area (Å²) in [7, 11) is 0. The normalized spacial score (nSPS) is 10.6. The number of ether oxygens (including phenoxy) is 1. The van der Waals surface area contributed by atoms with Crippen LogP contribution in [0.25, 0.3) is 11.3 Å². The Hall–Kier alpha value is -4.75. The Bertz CT molecular complexity index is 1500. The molecule has 0 spiro atoms. The Kier molecular flexibility index (Phi) is 7.85. The summed E-state index contributed by atoms with van der Waals surface area (Å²) in [5.41, 5.74) is 4.13. The molecule has 1 aromatic heterocycles. The predicted octanol–water partition coefficient (Wildman–Crippen LogP) is 4.53. The highest BCUT2D eigenvalue weighted by molar-refractivity contribution is 9.10. The molecule has 4 rings (SSSR count). The highest BCUT2D eigenvalue weighted by Gasteiger charge is 2.13. The van der Waals surface area contributed by atoms with Crippen LogP contribution in [0.3, 0.4) is 0 Å². The van der Waals surface area contributed by atoms with Crippen molar-refractivity contribution in [2.45, 2.75) is 0 Å². The number of para-hydroxylation sites is 1. The van der Waals surface area contributed by atoms with Crippen LogP contribution in [0.5, 0.6) is 5.75 Å². The number of amides is 1. The maximum atomic E-state index is 12.4. The lowest BCUT2D eigenvalue weighted by atomic mass is 10.1. The molecule has 1 amide bonds. The number of nitrogens with zero attached hydrogens (tertiary/aromatic N) is 3. The standard InChI is InChI=1S/C26H19BrN6O3/c27-19-11-12-22(36-16-23(34)30-20-9-5-2-6-10-20)18(13-19)15-29-33-26-31-24(17-7-3-1-4-8-17)21(14-28)25(35)32-26/h1-13,15H,16H2,(H,30,34)(H2,31,32,33,35). The van der Waals surface area contributed by atoms with Crippen LogP contribution in [0, 0.1) is 11.3 Å². The van der Waals surface area contributed by atoms with E-state index in [2.05, 4.69) is 41.7 Å². The van der Waals surface area contributed by atoms with Crippen LogP contribution in [0.2, 0.25) is 0 Å². The number of aromatic amines is 1. The molecule has 0 fully saturated rings. The number of carbonyl (C=O) groups excluding carboxylic acids is 1. The van der Waals surface area contributed by atoms with Gasteiger partial charge in [-0.3, -0.25) is 14.6 Å². The maximum Gasteiger partial charge on any atom is 0.270 e. The predicted molar refractivity (Wildman–Crippen MR) is 141 cm³/mol. The smallest absolute Gasteiger partial charge is 0.270 e. The van der Waals surface area contributed by atoms with Gasteiger partial charge in [0.2, 0.25) is 5.95 Å². The van der Waals surface area contributed by atoms with Crippen molar-refractivity contribution in [1.82, 2.24) is 9.97 Å². The summed E-state index contributed by atoms with van der Waals surface area (Å²) in [6.45, 7) is -0.199. The molecule has 0 radical (unpaired) electrons. The third-order valence-corrected chi connectivity index (χ3v) is 5.33. The fraction of sp³-hybridized carbons (Fsp3) is 0.0385. The average molecular weight is 543 g/mol. The van der Waals surface area contributed by atoms with Gasteiger partial charge in [0.25, 0.3) is 11.5 Å². The Balaban J connectivity index is 1.49. The fourth-order valence-electron chi connectivity index (χ4n) is 3.21. The van der Waals surface area contributed by atoms with E-state index in [9.17, 15) is 14.9 Å². The van der Waals surface area contributed by atoms with E-state index in [1.165, 1.54) is 6.21 Å². The van der Waals surface area contributed by atoms with Crippen molar-refractivity contribution in [1.29, 1.82) is 5.26 Å². The molecular weight excluding hydrogens is 524 g/mol. The van der Waals surface area contributed by atoms with Gasteiger partial charge in [0, 0.05) is 21.3 Å². The lowest BCUT2D eigenvalue weighted by Crippen LogP contribution is -2.20. The molecule has 0 saturated heterocycles. The highest BCUT2D eigenvalue weighted by Crippen LogP contribution is 2.22. The van der Waals surface area contributed by atoms with Crippen molar-refractivity contribution in [2.75, 3.05) is 17.3 Å². The molecule has 4 aromatic rings. The summed E-state index contributed by atoms with van der Waals surface area (Å²) in [5, 5.41) is 16.3. The second-order valence-corrected chi connectivity index (χ2v) is 8.29. The van der Waals surface area contributed by atoms with Crippen LogP contribution in [-0.4, -0.2) is 28.7 Å². The lowest BCUT2D eigenvalue weighted by Gasteiger charge is -2.10. The van der Waals surface area contributed by atoms with E-state index in [1.54, 1.807) is 54.6 Å². The van der Waals surface area contributed by atoms with Gasteiger partial charge < -0.3 is 10.1 Å². The first-order chi connectivity index (χ1) is 17.5. The number of aromatic nitrogens is 2. The minimum absolute atomic E-state index is 0.0637. The molecule has 0 atom stereocenters. The van der Waals surface area contributed by atoms with E-state index in [-0.39, 0.29) is 29.7 Å². The molecule has 1 heterocycles. The second kappa shape index (κ2) is 11.6. The monoisotopic (exact) mass is 542 g/mol. The maximum absolute atomic E-state index is 12.4. The third kappa shape index (κ3) is 6.22. The van der Waals surface area contributed by atoms with Gasteiger partial charge in [-0.1, -0.05) is 64.5 Å². The quantitative estimate of drug-likeness (QED) is 0.221. The van der Waals surface area contributed by atoms with Crippen LogP contribution in [-0.2, 0) is 4.79 Å². The number of anilines is 2. The topological polar surface area (TPSA) is 132 Å². The van der Waals surface area contributed by atoms with Crippen molar-refractivity contribution in [3.8, 4) is 23.1 Å². The van der Waals surface area contributed by atoms with Crippen LogP contribution < -0.4 is 21.0 Å². The van der Waals surface area contributed by atoms with Crippen LogP contribution >= 0.6 is 15.9 Å². The van der Waals surface area contributed by atoms with E-state index in [0.29, 0.717) is 22.6 Å². The SMILES string of the molecule is N#Cc1c(-c2ccccc2)nc(NN=Cc2cc(Br)ccc2OCC(=O)Nc2ccccc2)[nH]c1=O. The molecule has 36 heavy (non-hydrogen) atoms. The molecule has 3 N–H and O–H groups in total. The number of benzene rings is 3. The Morgan fingerprint density at radius 1 is 1.11 bits per heavy atom. The summed E-state index contributed by atoms with van der Waals surface area (Å²) in [6.07, 6.45) is 1.47. The molecule has 0 aliphatic carbocycles. The van der Waals surface area contributed by atoms with Crippen molar-refractivity contribution < 1.29 is 9.53 Å². The number of hydrogen-bond acceptors (Lipinski definition) is 7. The molecule has 0 saturated carbocycles. The highest BCUT2D eigenvalue weighted by atomic mass is 79.9. The number of hydrazone groups is 1. The molecule has 0 aliphatic heterocycles. The second-order valence-electron chi connectivity index (χ2n) is 7.37. The first kappa shape index (κ1) is 24.4. The summed E-state index contributed by atoms with van der Waals surface area (Å²) in [4.78, 5) is 31.5. The summed E-state index contributed by atoms with van der Waals surface area (Å²) in [5.74, 6) is 0.185. The molecule has 3 aromatic carbocycles. The zero-order valence-electron chi connectivity index (χ0n) is 18.7. The van der Waals surface area contributed by atoms with Gasteiger partial charge in [-0.25, -0.2) is 10.4 Å². The van der Waals surface area contributed by atoms with Crippen molar-refractivity contribution in [3.05, 3.63) is 105 Å². The number of hydrogen-bond donors (Lipinski definition) is 3. The van der Waals surface area contributed by atoms with Crippen LogP contribution in [0.4, 0.5) is 11.6 Å². The molecule has 10 heteroatoms. The Labute approximate surface area is 214 Å². The Morgan fingerprint density at radius 2 is 1.83 bits per heavy atom. The summed E-state index contributed by atoms with van der Waals surface area (Å²) < 4.78 is 6.47. The van der Waals surface area contributed by atoms with E-state index < -0.39 is 5.56 Å². The number of carbonyl (C=O) groups is 1. The summed E-state index contributed by atoms with van der Waals surface area (Å²) >= 11 is 3.41. The van der Waals surface area contributed by atoms with E-state index in [0.717, 1.165) is 4.47 Å². The number of nitriles is 1. The molecule has 0 unspecified atom stereocenters. The lowest BCUT2D eigenvalue weighted by molar-refractivity contribution is -0.118. The molecule has 9 nitrogen and oxygen atoms in total. The number of nitrogens with one attached hydrogen (secondary N) is 3. The zero-order chi connectivity index (χ0) is 25.3.